The molecular weight excluding hydrogens is 288 g/mol. The molecule has 0 saturated carbocycles. The monoisotopic (exact) mass is 314 g/mol. The first-order valence-electron chi connectivity index (χ1n) is 8.27. The second-order valence-electron chi connectivity index (χ2n) is 6.30. The van der Waals surface area contributed by atoms with Crippen molar-refractivity contribution in [3.8, 4) is 0 Å². The quantitative estimate of drug-likeness (QED) is 0.516. The van der Waals surface area contributed by atoms with Gasteiger partial charge >= 0.3 is 5.97 Å². The van der Waals surface area contributed by atoms with Crippen LogP contribution in [0.5, 0.6) is 0 Å². The molecule has 1 atom stereocenters. The number of esters is 1. The molecule has 0 radical (unpaired) electrons. The highest BCUT2D eigenvalue weighted by molar-refractivity contribution is 5.89. The molecule has 1 unspecified atom stereocenters. The third kappa shape index (κ3) is 5.59. The van der Waals surface area contributed by atoms with E-state index in [1.54, 1.807) is 12.5 Å². The molecule has 124 valence electrons. The lowest BCUT2D eigenvalue weighted by molar-refractivity contribution is -0.143. The largest absolute Gasteiger partial charge is 0.472 e. The molecule has 3 heteroatoms. The summed E-state index contributed by atoms with van der Waals surface area (Å²) in [5.74, 6) is -0.161. The Hall–Kier alpha value is -2.03. The van der Waals surface area contributed by atoms with Gasteiger partial charge in [0.15, 0.2) is 0 Å². The number of allylic oxidation sites excluding steroid dienone is 3. The minimum absolute atomic E-state index is 0.112. The average molecular weight is 314 g/mol. The van der Waals surface area contributed by atoms with Crippen LogP contribution in [-0.2, 0) is 16.0 Å². The molecule has 1 aromatic heterocycles. The lowest BCUT2D eigenvalue weighted by atomic mass is 9.99. The predicted molar refractivity (Wildman–Crippen MR) is 92.0 cm³/mol. The number of hydrogen-bond donors (Lipinski definition) is 0. The first-order valence-corrected chi connectivity index (χ1v) is 8.27. The summed E-state index contributed by atoms with van der Waals surface area (Å²) in [6, 6.07) is 1.98. The van der Waals surface area contributed by atoms with Crippen LogP contribution in [0.15, 0.2) is 58.0 Å². The summed E-state index contributed by atoms with van der Waals surface area (Å²) in [5, 5.41) is 0. The first kappa shape index (κ1) is 17.3. The van der Waals surface area contributed by atoms with Crippen LogP contribution >= 0.6 is 0 Å². The first-order chi connectivity index (χ1) is 11.1. The maximum Gasteiger partial charge on any atom is 0.334 e. The van der Waals surface area contributed by atoms with Gasteiger partial charge in [0.2, 0.25) is 0 Å². The van der Waals surface area contributed by atoms with Crippen LogP contribution in [0.3, 0.4) is 0 Å². The van der Waals surface area contributed by atoms with Crippen molar-refractivity contribution in [3.63, 3.8) is 0 Å². The zero-order chi connectivity index (χ0) is 16.7. The van der Waals surface area contributed by atoms with Gasteiger partial charge in [0, 0.05) is 12.0 Å². The Bertz CT molecular complexity index is 599. The maximum atomic E-state index is 12.1. The number of furan rings is 1. The minimum Gasteiger partial charge on any atom is -0.472 e. The van der Waals surface area contributed by atoms with Crippen LogP contribution in [0, 0.1) is 0 Å². The number of carbonyl (C=O) groups excluding carboxylic acids is 1. The molecule has 0 N–H and O–H groups in total. The van der Waals surface area contributed by atoms with Gasteiger partial charge in [0.05, 0.1) is 12.5 Å². The van der Waals surface area contributed by atoms with Crippen LogP contribution in [0.25, 0.3) is 0 Å². The van der Waals surface area contributed by atoms with Gasteiger partial charge in [-0.3, -0.25) is 0 Å². The highest BCUT2D eigenvalue weighted by Crippen LogP contribution is 2.23. The van der Waals surface area contributed by atoms with Crippen LogP contribution < -0.4 is 0 Å². The van der Waals surface area contributed by atoms with E-state index in [4.69, 9.17) is 9.15 Å². The second-order valence-corrected chi connectivity index (χ2v) is 6.30. The van der Waals surface area contributed by atoms with Crippen molar-refractivity contribution in [2.75, 3.05) is 0 Å². The maximum absolute atomic E-state index is 12.1. The lowest BCUT2D eigenvalue weighted by Crippen LogP contribution is -2.24. The normalized spacial score (nSPS) is 18.4. The third-order valence-electron chi connectivity index (χ3n) is 4.04. The summed E-state index contributed by atoms with van der Waals surface area (Å²) >= 11 is 0. The number of hydrogen-bond acceptors (Lipinski definition) is 3. The van der Waals surface area contributed by atoms with Crippen molar-refractivity contribution in [2.45, 2.75) is 59.0 Å². The van der Waals surface area contributed by atoms with E-state index in [1.807, 2.05) is 19.1 Å². The van der Waals surface area contributed by atoms with Crippen LogP contribution in [0.1, 0.15) is 52.0 Å². The van der Waals surface area contributed by atoms with Gasteiger partial charge in [-0.05, 0) is 63.7 Å². The van der Waals surface area contributed by atoms with Crippen molar-refractivity contribution >= 4 is 5.97 Å². The Balaban J connectivity index is 1.84. The zero-order valence-corrected chi connectivity index (χ0v) is 14.3. The lowest BCUT2D eigenvalue weighted by Gasteiger charge is -2.23. The molecule has 3 nitrogen and oxygen atoms in total. The minimum atomic E-state index is -0.161. The summed E-state index contributed by atoms with van der Waals surface area (Å²) in [4.78, 5) is 12.1. The van der Waals surface area contributed by atoms with Gasteiger partial charge in [-0.1, -0.05) is 23.8 Å². The summed E-state index contributed by atoms with van der Waals surface area (Å²) in [6.45, 7) is 6.18. The van der Waals surface area contributed by atoms with E-state index in [0.717, 1.165) is 43.3 Å². The highest BCUT2D eigenvalue weighted by Gasteiger charge is 2.23. The fourth-order valence-corrected chi connectivity index (χ4v) is 2.62. The van der Waals surface area contributed by atoms with Crippen molar-refractivity contribution in [1.82, 2.24) is 0 Å². The Morgan fingerprint density at radius 1 is 1.22 bits per heavy atom. The Kier molecular flexibility index (Phi) is 6.45. The van der Waals surface area contributed by atoms with Crippen molar-refractivity contribution in [1.29, 1.82) is 0 Å². The van der Waals surface area contributed by atoms with E-state index in [9.17, 15) is 4.79 Å². The van der Waals surface area contributed by atoms with Crippen LogP contribution in [-0.4, -0.2) is 12.1 Å². The number of aryl methyl sites for hydroxylation is 1. The van der Waals surface area contributed by atoms with Crippen LogP contribution in [0.4, 0.5) is 0 Å². The van der Waals surface area contributed by atoms with Gasteiger partial charge in [-0.25, -0.2) is 4.79 Å². The SMILES string of the molecule is CC(C)=CCCC1=CCC(/C(C)=C/CCc2ccoc2)OC1=O. The molecule has 0 spiro atoms. The highest BCUT2D eigenvalue weighted by atomic mass is 16.5. The van der Waals surface area contributed by atoms with Gasteiger partial charge in [0.1, 0.15) is 6.10 Å². The summed E-state index contributed by atoms with van der Waals surface area (Å²) in [6.07, 6.45) is 14.0. The smallest absolute Gasteiger partial charge is 0.334 e. The van der Waals surface area contributed by atoms with Crippen LogP contribution in [0.2, 0.25) is 0 Å². The molecule has 2 rings (SSSR count). The van der Waals surface area contributed by atoms with E-state index in [0.29, 0.717) is 0 Å². The molecule has 0 amide bonds. The topological polar surface area (TPSA) is 39.4 Å². The molecule has 0 aromatic carbocycles. The van der Waals surface area contributed by atoms with Gasteiger partial charge < -0.3 is 9.15 Å². The molecule has 0 bridgehead atoms. The van der Waals surface area contributed by atoms with Crippen molar-refractivity contribution in [3.05, 3.63) is 59.1 Å². The number of carbonyl (C=O) groups is 1. The molecule has 1 aliphatic rings. The van der Waals surface area contributed by atoms with E-state index in [-0.39, 0.29) is 12.1 Å². The molecule has 1 aliphatic heterocycles. The average Bonchev–Trinajstić information content (AvgIpc) is 3.01. The van der Waals surface area contributed by atoms with E-state index in [1.165, 1.54) is 11.1 Å². The van der Waals surface area contributed by atoms with Gasteiger partial charge in [-0.2, -0.15) is 0 Å². The Morgan fingerprint density at radius 2 is 2.00 bits per heavy atom. The van der Waals surface area contributed by atoms with Crippen molar-refractivity contribution in [2.24, 2.45) is 0 Å². The fourth-order valence-electron chi connectivity index (χ4n) is 2.62. The van der Waals surface area contributed by atoms with Gasteiger partial charge in [-0.15, -0.1) is 0 Å². The Morgan fingerprint density at radius 3 is 2.65 bits per heavy atom. The molecule has 0 fully saturated rings. The molecular formula is C20H26O3. The van der Waals surface area contributed by atoms with E-state index < -0.39 is 0 Å². The zero-order valence-electron chi connectivity index (χ0n) is 14.3. The standard InChI is InChI=1S/C20H26O3/c1-15(2)6-4-9-18-10-11-19(23-20(18)21)16(3)7-5-8-17-12-13-22-14-17/h6-7,10,12-14,19H,4-5,8-9,11H2,1-3H3/b16-7+. The van der Waals surface area contributed by atoms with Gasteiger partial charge in [0.25, 0.3) is 0 Å². The van der Waals surface area contributed by atoms with Crippen molar-refractivity contribution < 1.29 is 13.9 Å². The summed E-state index contributed by atoms with van der Waals surface area (Å²) < 4.78 is 10.7. The fraction of sp³-hybridized carbons (Fsp3) is 0.450. The molecule has 0 saturated heterocycles. The molecule has 1 aromatic rings. The third-order valence-corrected chi connectivity index (χ3v) is 4.04. The molecule has 23 heavy (non-hydrogen) atoms. The summed E-state index contributed by atoms with van der Waals surface area (Å²) in [7, 11) is 0. The number of ether oxygens (including phenoxy) is 1. The molecule has 2 heterocycles. The van der Waals surface area contributed by atoms with E-state index >= 15 is 0 Å². The second kappa shape index (κ2) is 8.56. The number of rotatable bonds is 7. The van der Waals surface area contributed by atoms with E-state index in [2.05, 4.69) is 26.0 Å². The summed E-state index contributed by atoms with van der Waals surface area (Å²) in [5.41, 5.74) is 4.41. The Labute approximate surface area is 138 Å². The predicted octanol–water partition coefficient (Wildman–Crippen LogP) is 5.15. The molecule has 0 aliphatic carbocycles. The number of cyclic esters (lactones) is 1.